The van der Waals surface area contributed by atoms with E-state index in [9.17, 15) is 8.42 Å². The summed E-state index contributed by atoms with van der Waals surface area (Å²) < 4.78 is 38.1. The van der Waals surface area contributed by atoms with Crippen LogP contribution in [0.4, 0.5) is 0 Å². The van der Waals surface area contributed by atoms with E-state index in [1.54, 1.807) is 19.1 Å². The number of sulfonamides is 1. The zero-order chi connectivity index (χ0) is 15.5. The normalized spacial score (nSPS) is 13.5. The maximum absolute atomic E-state index is 12.4. The van der Waals surface area contributed by atoms with Gasteiger partial charge >= 0.3 is 0 Å². The number of rotatable bonds is 7. The molecule has 2 heterocycles. The Morgan fingerprint density at radius 1 is 1.43 bits per heavy atom. The average molecular weight is 377 g/mol. The van der Waals surface area contributed by atoms with Crippen molar-refractivity contribution >= 4 is 26.0 Å². The fourth-order valence-corrected chi connectivity index (χ4v) is 4.02. The molecular formula is C13H17BrN2O4S. The van der Waals surface area contributed by atoms with Crippen molar-refractivity contribution in [3.8, 4) is 0 Å². The zero-order valence-electron chi connectivity index (χ0n) is 11.7. The Morgan fingerprint density at radius 3 is 2.81 bits per heavy atom. The van der Waals surface area contributed by atoms with E-state index in [2.05, 4.69) is 26.0 Å². The lowest BCUT2D eigenvalue weighted by atomic mass is 10.3. The van der Waals surface area contributed by atoms with Crippen LogP contribution in [0.5, 0.6) is 0 Å². The van der Waals surface area contributed by atoms with Crippen molar-refractivity contribution in [3.05, 3.63) is 40.7 Å². The molecule has 0 aliphatic heterocycles. The summed E-state index contributed by atoms with van der Waals surface area (Å²) in [5, 5.41) is 3.07. The van der Waals surface area contributed by atoms with Gasteiger partial charge in [-0.05, 0) is 41.5 Å². The Bertz CT molecular complexity index is 679. The molecule has 21 heavy (non-hydrogen) atoms. The molecule has 0 aliphatic rings. The van der Waals surface area contributed by atoms with Crippen molar-refractivity contribution in [2.45, 2.75) is 31.3 Å². The topological polar surface area (TPSA) is 84.5 Å². The molecule has 2 rings (SSSR count). The molecule has 1 atom stereocenters. The highest BCUT2D eigenvalue weighted by atomic mass is 79.9. The quantitative estimate of drug-likeness (QED) is 0.775. The summed E-state index contributed by atoms with van der Waals surface area (Å²) in [6.07, 6.45) is 1.50. The monoisotopic (exact) mass is 376 g/mol. The summed E-state index contributed by atoms with van der Waals surface area (Å²) >= 11 is 3.15. The molecule has 0 saturated carbocycles. The van der Waals surface area contributed by atoms with E-state index >= 15 is 0 Å². The summed E-state index contributed by atoms with van der Waals surface area (Å²) in [5.41, 5.74) is 0. The van der Waals surface area contributed by atoms with Gasteiger partial charge in [0.05, 0.1) is 18.8 Å². The van der Waals surface area contributed by atoms with Crippen LogP contribution < -0.4 is 10.0 Å². The van der Waals surface area contributed by atoms with Crippen molar-refractivity contribution < 1.29 is 17.3 Å². The van der Waals surface area contributed by atoms with Gasteiger partial charge in [-0.3, -0.25) is 0 Å². The van der Waals surface area contributed by atoms with Crippen LogP contribution in [-0.2, 0) is 16.6 Å². The van der Waals surface area contributed by atoms with Crippen molar-refractivity contribution in [1.82, 2.24) is 10.0 Å². The highest BCUT2D eigenvalue weighted by Crippen LogP contribution is 2.27. The molecule has 1 unspecified atom stereocenters. The highest BCUT2D eigenvalue weighted by molar-refractivity contribution is 9.10. The minimum absolute atomic E-state index is 0.0776. The first kappa shape index (κ1) is 16.3. The smallest absolute Gasteiger partial charge is 0.245 e. The Hall–Kier alpha value is -1.09. The third-order valence-electron chi connectivity index (χ3n) is 2.85. The van der Waals surface area contributed by atoms with Gasteiger partial charge in [0.1, 0.15) is 16.4 Å². The van der Waals surface area contributed by atoms with E-state index in [0.717, 1.165) is 6.54 Å². The first-order chi connectivity index (χ1) is 9.94. The van der Waals surface area contributed by atoms with E-state index in [4.69, 9.17) is 8.83 Å². The third kappa shape index (κ3) is 3.97. The third-order valence-corrected chi connectivity index (χ3v) is 5.24. The van der Waals surface area contributed by atoms with Gasteiger partial charge in [-0.2, -0.15) is 0 Å². The largest absolute Gasteiger partial charge is 0.468 e. The Kier molecular flexibility index (Phi) is 5.26. The van der Waals surface area contributed by atoms with Crippen molar-refractivity contribution in [3.63, 3.8) is 0 Å². The lowest BCUT2D eigenvalue weighted by molar-refractivity contribution is 0.455. The van der Waals surface area contributed by atoms with Crippen molar-refractivity contribution in [1.29, 1.82) is 0 Å². The van der Waals surface area contributed by atoms with E-state index in [0.29, 0.717) is 18.1 Å². The lowest BCUT2D eigenvalue weighted by Gasteiger charge is -2.10. The number of halogens is 1. The average Bonchev–Trinajstić information content (AvgIpc) is 3.05. The number of furan rings is 2. The van der Waals surface area contributed by atoms with Crippen LogP contribution in [0.1, 0.15) is 31.4 Å². The molecule has 8 heteroatoms. The molecule has 6 nitrogen and oxygen atoms in total. The fourth-order valence-electron chi connectivity index (χ4n) is 1.81. The molecule has 0 aliphatic carbocycles. The molecule has 0 amide bonds. The Balaban J connectivity index is 2.17. The Labute approximate surface area is 132 Å². The SMILES string of the molecule is CCNCc1cc(S(=O)(=O)NC(C)c2ccco2)c(Br)o1. The fraction of sp³-hybridized carbons (Fsp3) is 0.385. The van der Waals surface area contributed by atoms with Crippen LogP contribution in [0.25, 0.3) is 0 Å². The number of hydrogen-bond acceptors (Lipinski definition) is 5. The molecule has 0 radical (unpaired) electrons. The molecule has 0 fully saturated rings. The molecule has 2 aromatic heterocycles. The van der Waals surface area contributed by atoms with Crippen LogP contribution >= 0.6 is 15.9 Å². The maximum Gasteiger partial charge on any atom is 0.245 e. The molecule has 2 N–H and O–H groups in total. The van der Waals surface area contributed by atoms with Gasteiger partial charge < -0.3 is 14.2 Å². The molecule has 2 aromatic rings. The minimum Gasteiger partial charge on any atom is -0.468 e. The predicted molar refractivity (Wildman–Crippen MR) is 81.2 cm³/mol. The zero-order valence-corrected chi connectivity index (χ0v) is 14.1. The van der Waals surface area contributed by atoms with Crippen LogP contribution in [0.3, 0.4) is 0 Å². The van der Waals surface area contributed by atoms with Crippen LogP contribution in [0, 0.1) is 0 Å². The maximum atomic E-state index is 12.4. The van der Waals surface area contributed by atoms with Crippen LogP contribution in [0.2, 0.25) is 0 Å². The summed E-state index contributed by atoms with van der Waals surface area (Å²) in [6, 6.07) is 4.46. The second-order valence-electron chi connectivity index (χ2n) is 4.49. The van der Waals surface area contributed by atoms with E-state index in [-0.39, 0.29) is 9.56 Å². The van der Waals surface area contributed by atoms with Crippen molar-refractivity contribution in [2.24, 2.45) is 0 Å². The summed E-state index contributed by atoms with van der Waals surface area (Å²) in [4.78, 5) is 0.0776. The molecular weight excluding hydrogens is 360 g/mol. The van der Waals surface area contributed by atoms with Crippen LogP contribution in [0.15, 0.2) is 42.9 Å². The summed E-state index contributed by atoms with van der Waals surface area (Å²) in [6.45, 7) is 4.92. The van der Waals surface area contributed by atoms with Gasteiger partial charge in [-0.15, -0.1) is 0 Å². The molecule has 0 aromatic carbocycles. The van der Waals surface area contributed by atoms with Gasteiger partial charge in [-0.1, -0.05) is 6.92 Å². The predicted octanol–water partition coefficient (Wildman–Crippen LogP) is 2.78. The highest BCUT2D eigenvalue weighted by Gasteiger charge is 2.25. The Morgan fingerprint density at radius 2 is 2.19 bits per heavy atom. The van der Waals surface area contributed by atoms with E-state index in [1.807, 2.05) is 6.92 Å². The van der Waals surface area contributed by atoms with E-state index in [1.165, 1.54) is 12.3 Å². The van der Waals surface area contributed by atoms with Gasteiger partial charge in [0.2, 0.25) is 10.0 Å². The second-order valence-corrected chi connectivity index (χ2v) is 6.89. The molecule has 0 bridgehead atoms. The minimum atomic E-state index is -3.70. The lowest BCUT2D eigenvalue weighted by Crippen LogP contribution is -2.26. The summed E-state index contributed by atoms with van der Waals surface area (Å²) in [7, 11) is -3.70. The summed E-state index contributed by atoms with van der Waals surface area (Å²) in [5.74, 6) is 1.10. The van der Waals surface area contributed by atoms with Gasteiger partial charge in [0.25, 0.3) is 0 Å². The van der Waals surface area contributed by atoms with Crippen LogP contribution in [-0.4, -0.2) is 15.0 Å². The van der Waals surface area contributed by atoms with E-state index < -0.39 is 16.1 Å². The molecule has 0 spiro atoms. The number of nitrogens with one attached hydrogen (secondary N) is 2. The van der Waals surface area contributed by atoms with Gasteiger partial charge in [0, 0.05) is 6.07 Å². The standard InChI is InChI=1S/C13H17BrN2O4S/c1-3-15-8-10-7-12(13(14)20-10)21(17,18)16-9(2)11-5-4-6-19-11/h4-7,9,15-16H,3,8H2,1-2H3. The van der Waals surface area contributed by atoms with Gasteiger partial charge in [0.15, 0.2) is 4.67 Å². The van der Waals surface area contributed by atoms with Crippen molar-refractivity contribution in [2.75, 3.05) is 6.54 Å². The molecule has 116 valence electrons. The number of hydrogen-bond donors (Lipinski definition) is 2. The first-order valence-electron chi connectivity index (χ1n) is 6.48. The first-order valence-corrected chi connectivity index (χ1v) is 8.76. The van der Waals surface area contributed by atoms with Gasteiger partial charge in [-0.25, -0.2) is 13.1 Å². The second kappa shape index (κ2) is 6.78. The molecule has 0 saturated heterocycles.